The van der Waals surface area contributed by atoms with Crippen LogP contribution in [-0.4, -0.2) is 20.2 Å². The maximum atomic E-state index is 12.8. The summed E-state index contributed by atoms with van der Waals surface area (Å²) >= 11 is 0. The smallest absolute Gasteiger partial charge is 0.388 e. The number of halogens is 3. The molecule has 0 bridgehead atoms. The summed E-state index contributed by atoms with van der Waals surface area (Å²) < 4.78 is 64.0. The zero-order valence-corrected chi connectivity index (χ0v) is 12.5. The van der Waals surface area contributed by atoms with E-state index >= 15 is 0 Å². The van der Waals surface area contributed by atoms with Crippen molar-refractivity contribution in [1.82, 2.24) is 5.32 Å². The highest BCUT2D eigenvalue weighted by Crippen LogP contribution is 2.38. The van der Waals surface area contributed by atoms with Crippen molar-refractivity contribution in [2.24, 2.45) is 5.92 Å². The van der Waals surface area contributed by atoms with E-state index in [-0.39, 0.29) is 10.8 Å². The SMILES string of the molecule is O=S(=O)(c1cccc(C(F)(F)F)c1)C1CCC=C2NCCC21. The maximum Gasteiger partial charge on any atom is 0.416 e. The summed E-state index contributed by atoms with van der Waals surface area (Å²) in [6.07, 6.45) is -0.765. The molecule has 0 amide bonds. The zero-order chi connectivity index (χ0) is 16.0. The Bertz CT molecular complexity index is 710. The van der Waals surface area contributed by atoms with Gasteiger partial charge in [0.2, 0.25) is 0 Å². The van der Waals surface area contributed by atoms with Gasteiger partial charge in [-0.2, -0.15) is 13.2 Å². The highest BCUT2D eigenvalue weighted by atomic mass is 32.2. The average molecular weight is 331 g/mol. The molecule has 2 unspecified atom stereocenters. The molecule has 2 aliphatic rings. The molecule has 0 spiro atoms. The molecule has 1 aromatic carbocycles. The standard InChI is InChI=1S/C15H16F3NO2S/c16-15(17,18)10-3-1-4-11(9-10)22(20,21)14-6-2-5-13-12(14)7-8-19-13/h1,3-5,9,12,14,19H,2,6-8H2. The van der Waals surface area contributed by atoms with E-state index in [4.69, 9.17) is 0 Å². The van der Waals surface area contributed by atoms with Gasteiger partial charge in [-0.25, -0.2) is 8.42 Å². The van der Waals surface area contributed by atoms with Gasteiger partial charge in [-0.3, -0.25) is 0 Å². The van der Waals surface area contributed by atoms with Gasteiger partial charge < -0.3 is 5.32 Å². The summed E-state index contributed by atoms with van der Waals surface area (Å²) in [4.78, 5) is -0.236. The number of fused-ring (bicyclic) bond motifs is 1. The third-order valence-electron chi connectivity index (χ3n) is 4.34. The predicted molar refractivity (Wildman–Crippen MR) is 75.8 cm³/mol. The van der Waals surface area contributed by atoms with Crippen LogP contribution in [0, 0.1) is 5.92 Å². The van der Waals surface area contributed by atoms with Gasteiger partial charge >= 0.3 is 6.18 Å². The Morgan fingerprint density at radius 3 is 2.68 bits per heavy atom. The van der Waals surface area contributed by atoms with Crippen molar-refractivity contribution >= 4 is 9.84 Å². The Balaban J connectivity index is 1.98. The Kier molecular flexibility index (Phi) is 3.71. The Morgan fingerprint density at radius 2 is 1.95 bits per heavy atom. The molecule has 22 heavy (non-hydrogen) atoms. The summed E-state index contributed by atoms with van der Waals surface area (Å²) in [6, 6.07) is 4.05. The number of alkyl halides is 3. The number of sulfone groups is 1. The van der Waals surface area contributed by atoms with Crippen LogP contribution in [0.3, 0.4) is 0 Å². The third-order valence-corrected chi connectivity index (χ3v) is 6.61. The largest absolute Gasteiger partial charge is 0.416 e. The number of hydrogen-bond donors (Lipinski definition) is 1. The van der Waals surface area contributed by atoms with Crippen molar-refractivity contribution < 1.29 is 21.6 Å². The van der Waals surface area contributed by atoms with Gasteiger partial charge in [0.15, 0.2) is 9.84 Å². The topological polar surface area (TPSA) is 46.2 Å². The lowest BCUT2D eigenvalue weighted by Crippen LogP contribution is -2.33. The van der Waals surface area contributed by atoms with E-state index < -0.39 is 26.8 Å². The Morgan fingerprint density at radius 1 is 1.18 bits per heavy atom. The molecule has 1 N–H and O–H groups in total. The van der Waals surface area contributed by atoms with Crippen LogP contribution in [-0.2, 0) is 16.0 Å². The van der Waals surface area contributed by atoms with E-state index in [2.05, 4.69) is 5.32 Å². The summed E-state index contributed by atoms with van der Waals surface area (Å²) in [5.74, 6) is -0.131. The highest BCUT2D eigenvalue weighted by Gasteiger charge is 2.41. The molecule has 1 aliphatic carbocycles. The van der Waals surface area contributed by atoms with Crippen LogP contribution < -0.4 is 5.32 Å². The molecule has 0 aromatic heterocycles. The van der Waals surface area contributed by atoms with Crippen LogP contribution in [0.25, 0.3) is 0 Å². The van der Waals surface area contributed by atoms with Crippen LogP contribution in [0.5, 0.6) is 0 Å². The summed E-state index contributed by atoms with van der Waals surface area (Å²) in [5.41, 5.74) is -0.00324. The molecule has 1 fully saturated rings. The van der Waals surface area contributed by atoms with Crippen molar-refractivity contribution in [3.63, 3.8) is 0 Å². The second-order valence-electron chi connectivity index (χ2n) is 5.67. The first kappa shape index (κ1) is 15.4. The van der Waals surface area contributed by atoms with E-state index in [1.54, 1.807) is 0 Å². The van der Waals surface area contributed by atoms with Crippen LogP contribution in [0.1, 0.15) is 24.8 Å². The molecule has 1 heterocycles. The van der Waals surface area contributed by atoms with Crippen molar-refractivity contribution in [3.8, 4) is 0 Å². The van der Waals surface area contributed by atoms with Gasteiger partial charge in [0.25, 0.3) is 0 Å². The minimum absolute atomic E-state index is 0.131. The van der Waals surface area contributed by atoms with Crippen LogP contribution in [0.15, 0.2) is 40.9 Å². The number of nitrogens with one attached hydrogen (secondary N) is 1. The van der Waals surface area contributed by atoms with Crippen molar-refractivity contribution in [3.05, 3.63) is 41.6 Å². The van der Waals surface area contributed by atoms with E-state index in [1.807, 2.05) is 6.08 Å². The van der Waals surface area contributed by atoms with E-state index in [1.165, 1.54) is 6.07 Å². The van der Waals surface area contributed by atoms with E-state index in [0.717, 1.165) is 23.9 Å². The lowest BCUT2D eigenvalue weighted by Gasteiger charge is -2.27. The van der Waals surface area contributed by atoms with Gasteiger partial charge in [0.05, 0.1) is 15.7 Å². The van der Waals surface area contributed by atoms with Crippen LogP contribution in [0.4, 0.5) is 13.2 Å². The number of hydrogen-bond acceptors (Lipinski definition) is 3. The van der Waals surface area contributed by atoms with Crippen LogP contribution >= 0.6 is 0 Å². The maximum absolute atomic E-state index is 12.8. The molecular weight excluding hydrogens is 315 g/mol. The lowest BCUT2D eigenvalue weighted by atomic mass is 9.92. The first-order chi connectivity index (χ1) is 10.3. The molecule has 120 valence electrons. The second kappa shape index (κ2) is 5.30. The summed E-state index contributed by atoms with van der Waals surface area (Å²) in [7, 11) is -3.78. The minimum atomic E-state index is -4.54. The van der Waals surface area contributed by atoms with Gasteiger partial charge in [0, 0.05) is 18.2 Å². The molecule has 3 nitrogen and oxygen atoms in total. The highest BCUT2D eigenvalue weighted by molar-refractivity contribution is 7.92. The van der Waals surface area contributed by atoms with Crippen molar-refractivity contribution in [2.45, 2.75) is 35.6 Å². The summed E-state index contributed by atoms with van der Waals surface area (Å²) in [6.45, 7) is 0.713. The average Bonchev–Trinajstić information content (AvgIpc) is 2.94. The van der Waals surface area contributed by atoms with Gasteiger partial charge in [-0.05, 0) is 37.5 Å². The fourth-order valence-electron chi connectivity index (χ4n) is 3.27. The minimum Gasteiger partial charge on any atom is -0.388 e. The van der Waals surface area contributed by atoms with Crippen molar-refractivity contribution in [1.29, 1.82) is 0 Å². The molecule has 3 rings (SSSR count). The molecule has 1 aromatic rings. The summed E-state index contributed by atoms with van der Waals surface area (Å²) in [5, 5.41) is 2.52. The molecular formula is C15H16F3NO2S. The molecule has 7 heteroatoms. The first-order valence-corrected chi connectivity index (χ1v) is 8.70. The fraction of sp³-hybridized carbons (Fsp3) is 0.467. The monoisotopic (exact) mass is 331 g/mol. The second-order valence-corrected chi connectivity index (χ2v) is 7.83. The van der Waals surface area contributed by atoms with Gasteiger partial charge in [0.1, 0.15) is 0 Å². The predicted octanol–water partition coefficient (Wildman–Crippen LogP) is 3.13. The Hall–Kier alpha value is -1.50. The van der Waals surface area contributed by atoms with E-state index in [0.29, 0.717) is 25.8 Å². The van der Waals surface area contributed by atoms with Gasteiger partial charge in [-0.1, -0.05) is 12.1 Å². The number of allylic oxidation sites excluding steroid dienone is 2. The quantitative estimate of drug-likeness (QED) is 0.906. The number of benzene rings is 1. The molecule has 0 saturated carbocycles. The molecule has 0 radical (unpaired) electrons. The number of rotatable bonds is 2. The van der Waals surface area contributed by atoms with Crippen molar-refractivity contribution in [2.75, 3.05) is 6.54 Å². The third kappa shape index (κ3) is 2.62. The normalized spacial score (nSPS) is 25.3. The Labute approximate surface area is 127 Å². The molecule has 2 atom stereocenters. The lowest BCUT2D eigenvalue weighted by molar-refractivity contribution is -0.137. The fourth-order valence-corrected chi connectivity index (χ4v) is 5.34. The van der Waals surface area contributed by atoms with E-state index in [9.17, 15) is 21.6 Å². The van der Waals surface area contributed by atoms with Crippen LogP contribution in [0.2, 0.25) is 0 Å². The molecule has 1 saturated heterocycles. The first-order valence-electron chi connectivity index (χ1n) is 7.15. The van der Waals surface area contributed by atoms with Gasteiger partial charge in [-0.15, -0.1) is 0 Å². The zero-order valence-electron chi connectivity index (χ0n) is 11.7. The molecule has 1 aliphatic heterocycles.